The van der Waals surface area contributed by atoms with Crippen molar-refractivity contribution in [2.75, 3.05) is 20.3 Å². The molecule has 0 aromatic heterocycles. The number of carbonyl (C=O) groups is 3. The number of benzene rings is 2. The molecule has 0 saturated carbocycles. The highest BCUT2D eigenvalue weighted by molar-refractivity contribution is 5.96. The maximum absolute atomic E-state index is 12.7. The van der Waals surface area contributed by atoms with Gasteiger partial charge in [-0.25, -0.2) is 14.4 Å². The van der Waals surface area contributed by atoms with E-state index in [0.717, 1.165) is 0 Å². The minimum absolute atomic E-state index is 0.0896. The van der Waals surface area contributed by atoms with Gasteiger partial charge in [-0.1, -0.05) is 36.4 Å². The Balaban J connectivity index is 1.92. The van der Waals surface area contributed by atoms with Gasteiger partial charge in [0.2, 0.25) is 0 Å². The number of rotatable bonds is 7. The predicted molar refractivity (Wildman–Crippen MR) is 109 cm³/mol. The first-order chi connectivity index (χ1) is 15.0. The number of phenolic OH excluding ortho intramolecular Hbond substituents is 1. The summed E-state index contributed by atoms with van der Waals surface area (Å²) in [6.45, 7) is 1.37. The molecule has 1 atom stereocenters. The number of urea groups is 1. The Hall–Kier alpha value is -4.01. The molecule has 3 N–H and O–H groups in total. The molecular weight excluding hydrogens is 404 g/mol. The maximum Gasteiger partial charge on any atom is 0.342 e. The van der Waals surface area contributed by atoms with Crippen LogP contribution in [0.1, 0.15) is 28.9 Å². The van der Waals surface area contributed by atoms with E-state index in [9.17, 15) is 19.5 Å². The standard InChI is InChI=1S/C22H22N2O7/c1-3-30-21(27)17-15(23-22(28)24-18(17)13-8-5-4-6-9-13)12-31-20(26)14-10-7-11-16(29-2)19(14)25/h4-11,18,25H,3,12H2,1-2H3,(H2,23,24,28). The molecule has 2 amide bonds. The quantitative estimate of drug-likeness (QED) is 0.581. The van der Waals surface area contributed by atoms with Crippen molar-refractivity contribution in [3.05, 3.63) is 70.9 Å². The minimum atomic E-state index is -0.851. The number of amides is 2. The van der Waals surface area contributed by atoms with Crippen LogP contribution in [0, 0.1) is 0 Å². The molecule has 2 aromatic rings. The summed E-state index contributed by atoms with van der Waals surface area (Å²) in [5.74, 6) is -1.76. The van der Waals surface area contributed by atoms with Crippen LogP contribution in [0.3, 0.4) is 0 Å². The number of ether oxygens (including phenoxy) is 3. The fourth-order valence-corrected chi connectivity index (χ4v) is 3.14. The van der Waals surface area contributed by atoms with Crippen LogP contribution in [0.25, 0.3) is 0 Å². The Morgan fingerprint density at radius 3 is 2.45 bits per heavy atom. The Morgan fingerprint density at radius 1 is 1.03 bits per heavy atom. The van der Waals surface area contributed by atoms with Crippen molar-refractivity contribution in [3.8, 4) is 11.5 Å². The summed E-state index contributed by atoms with van der Waals surface area (Å²) in [5.41, 5.74) is 0.759. The van der Waals surface area contributed by atoms with Gasteiger partial charge in [0.15, 0.2) is 11.5 Å². The zero-order valence-corrected chi connectivity index (χ0v) is 17.0. The molecule has 0 bridgehead atoms. The first-order valence-corrected chi connectivity index (χ1v) is 9.52. The van der Waals surface area contributed by atoms with Crippen LogP contribution in [-0.4, -0.2) is 43.4 Å². The Kier molecular flexibility index (Phi) is 6.76. The second-order valence-electron chi connectivity index (χ2n) is 6.49. The van der Waals surface area contributed by atoms with Crippen LogP contribution in [0.2, 0.25) is 0 Å². The van der Waals surface area contributed by atoms with Gasteiger partial charge in [-0.3, -0.25) is 0 Å². The van der Waals surface area contributed by atoms with E-state index in [2.05, 4.69) is 10.6 Å². The van der Waals surface area contributed by atoms with Crippen LogP contribution in [0.4, 0.5) is 4.79 Å². The maximum atomic E-state index is 12.7. The Bertz CT molecular complexity index is 1020. The average molecular weight is 426 g/mol. The van der Waals surface area contributed by atoms with Gasteiger partial charge in [0.25, 0.3) is 0 Å². The smallest absolute Gasteiger partial charge is 0.342 e. The van der Waals surface area contributed by atoms with E-state index < -0.39 is 30.6 Å². The second-order valence-corrected chi connectivity index (χ2v) is 6.49. The van der Waals surface area contributed by atoms with Gasteiger partial charge in [-0.2, -0.15) is 0 Å². The third-order valence-corrected chi connectivity index (χ3v) is 4.57. The molecule has 0 spiro atoms. The van der Waals surface area contributed by atoms with Crippen LogP contribution >= 0.6 is 0 Å². The molecule has 0 aliphatic carbocycles. The fraction of sp³-hybridized carbons (Fsp3) is 0.227. The van der Waals surface area contributed by atoms with E-state index in [1.54, 1.807) is 31.2 Å². The van der Waals surface area contributed by atoms with Gasteiger partial charge in [0.1, 0.15) is 12.2 Å². The lowest BCUT2D eigenvalue weighted by Crippen LogP contribution is -2.47. The van der Waals surface area contributed by atoms with E-state index in [0.29, 0.717) is 5.56 Å². The largest absolute Gasteiger partial charge is 0.504 e. The van der Waals surface area contributed by atoms with E-state index in [1.807, 2.05) is 6.07 Å². The van der Waals surface area contributed by atoms with Crippen LogP contribution in [0.15, 0.2) is 59.8 Å². The van der Waals surface area contributed by atoms with Crippen molar-refractivity contribution in [1.29, 1.82) is 0 Å². The average Bonchev–Trinajstić information content (AvgIpc) is 2.78. The van der Waals surface area contributed by atoms with Gasteiger partial charge in [0.05, 0.1) is 31.0 Å². The van der Waals surface area contributed by atoms with Crippen LogP contribution in [0.5, 0.6) is 11.5 Å². The number of hydrogen-bond donors (Lipinski definition) is 3. The zero-order valence-electron chi connectivity index (χ0n) is 17.0. The molecule has 0 radical (unpaired) electrons. The van der Waals surface area contributed by atoms with Gasteiger partial charge >= 0.3 is 18.0 Å². The highest BCUT2D eigenvalue weighted by atomic mass is 16.5. The molecule has 31 heavy (non-hydrogen) atoms. The Labute approximate surface area is 178 Å². The molecule has 0 fully saturated rings. The zero-order chi connectivity index (χ0) is 22.4. The molecule has 9 nitrogen and oxygen atoms in total. The van der Waals surface area contributed by atoms with Crippen LogP contribution in [-0.2, 0) is 14.3 Å². The summed E-state index contributed by atoms with van der Waals surface area (Å²) >= 11 is 0. The van der Waals surface area contributed by atoms with Gasteiger partial charge < -0.3 is 30.0 Å². The summed E-state index contributed by atoms with van der Waals surface area (Å²) in [6.07, 6.45) is 0. The van der Waals surface area contributed by atoms with Gasteiger partial charge in [-0.05, 0) is 24.6 Å². The number of carbonyl (C=O) groups excluding carboxylic acids is 3. The molecular formula is C22H22N2O7. The summed E-state index contributed by atoms with van der Waals surface area (Å²) in [6, 6.07) is 11.9. The van der Waals surface area contributed by atoms with Crippen molar-refractivity contribution in [3.63, 3.8) is 0 Å². The number of nitrogens with one attached hydrogen (secondary N) is 2. The van der Waals surface area contributed by atoms with Gasteiger partial charge in [-0.15, -0.1) is 0 Å². The van der Waals surface area contributed by atoms with E-state index in [1.165, 1.54) is 25.3 Å². The number of para-hydroxylation sites is 1. The summed E-state index contributed by atoms with van der Waals surface area (Å²) in [7, 11) is 1.36. The molecule has 1 aliphatic rings. The Morgan fingerprint density at radius 2 is 1.77 bits per heavy atom. The normalized spacial score (nSPS) is 15.5. The molecule has 0 saturated heterocycles. The molecule has 1 unspecified atom stereocenters. The lowest BCUT2D eigenvalue weighted by atomic mass is 9.95. The van der Waals surface area contributed by atoms with E-state index in [-0.39, 0.29) is 34.9 Å². The summed E-state index contributed by atoms with van der Waals surface area (Å²) < 4.78 is 15.4. The lowest BCUT2D eigenvalue weighted by Gasteiger charge is -2.29. The summed E-state index contributed by atoms with van der Waals surface area (Å²) in [5, 5.41) is 15.4. The molecule has 3 rings (SSSR count). The molecule has 1 aliphatic heterocycles. The molecule has 9 heteroatoms. The van der Waals surface area contributed by atoms with Crippen molar-refractivity contribution >= 4 is 18.0 Å². The summed E-state index contributed by atoms with van der Waals surface area (Å²) in [4.78, 5) is 37.4. The number of methoxy groups -OCH3 is 1. The lowest BCUT2D eigenvalue weighted by molar-refractivity contribution is -0.139. The molecule has 162 valence electrons. The third kappa shape index (κ3) is 4.77. The number of phenols is 1. The number of hydrogen-bond acceptors (Lipinski definition) is 7. The van der Waals surface area contributed by atoms with Gasteiger partial charge in [0, 0.05) is 0 Å². The van der Waals surface area contributed by atoms with E-state index in [4.69, 9.17) is 14.2 Å². The molecule has 2 aromatic carbocycles. The second kappa shape index (κ2) is 9.66. The van der Waals surface area contributed by atoms with E-state index >= 15 is 0 Å². The fourth-order valence-electron chi connectivity index (χ4n) is 3.14. The van der Waals surface area contributed by atoms with Crippen molar-refractivity contribution in [2.45, 2.75) is 13.0 Å². The van der Waals surface area contributed by atoms with Crippen molar-refractivity contribution < 1.29 is 33.7 Å². The minimum Gasteiger partial charge on any atom is -0.504 e. The van der Waals surface area contributed by atoms with Crippen molar-refractivity contribution in [2.24, 2.45) is 0 Å². The third-order valence-electron chi connectivity index (χ3n) is 4.57. The number of esters is 2. The highest BCUT2D eigenvalue weighted by Gasteiger charge is 2.34. The highest BCUT2D eigenvalue weighted by Crippen LogP contribution is 2.31. The van der Waals surface area contributed by atoms with Crippen molar-refractivity contribution in [1.82, 2.24) is 10.6 Å². The van der Waals surface area contributed by atoms with Crippen LogP contribution < -0.4 is 15.4 Å². The SMILES string of the molecule is CCOC(=O)C1=C(COC(=O)c2cccc(OC)c2O)NC(=O)NC1c1ccccc1. The predicted octanol–water partition coefficient (Wildman–Crippen LogP) is 2.43. The topological polar surface area (TPSA) is 123 Å². The number of aromatic hydroxyl groups is 1. The first kappa shape index (κ1) is 21.7. The monoisotopic (exact) mass is 426 g/mol. The molecule has 1 heterocycles. The first-order valence-electron chi connectivity index (χ1n) is 9.52.